The van der Waals surface area contributed by atoms with Crippen LogP contribution in [0.1, 0.15) is 22.7 Å². The molecule has 7 heteroatoms. The maximum atomic E-state index is 13.0. The molecule has 1 saturated heterocycles. The lowest BCUT2D eigenvalue weighted by Gasteiger charge is -2.25. The monoisotopic (exact) mass is 434 g/mol. The fraction of sp³-hybridized carbons (Fsp3) is 0.125. The Morgan fingerprint density at radius 2 is 1.90 bits per heavy atom. The molecule has 0 radical (unpaired) electrons. The van der Waals surface area contributed by atoms with Crippen LogP contribution in [0.5, 0.6) is 5.75 Å². The Labute approximate surface area is 184 Å². The Hall–Kier alpha value is -3.64. The van der Waals surface area contributed by atoms with Crippen LogP contribution in [0.4, 0.5) is 0 Å². The molecule has 31 heavy (non-hydrogen) atoms. The van der Waals surface area contributed by atoms with Gasteiger partial charge in [0.15, 0.2) is 0 Å². The molecule has 0 aliphatic carbocycles. The van der Waals surface area contributed by atoms with Crippen molar-refractivity contribution in [2.24, 2.45) is 0 Å². The van der Waals surface area contributed by atoms with Gasteiger partial charge < -0.3 is 14.7 Å². The number of carbonyl (C=O) groups excluding carboxylic acids is 2. The van der Waals surface area contributed by atoms with E-state index in [1.165, 1.54) is 4.90 Å². The highest BCUT2D eigenvalue weighted by Gasteiger charge is 2.46. The van der Waals surface area contributed by atoms with Gasteiger partial charge >= 0.3 is 0 Å². The number of likely N-dealkylation sites (tertiary alicyclic amines) is 1. The summed E-state index contributed by atoms with van der Waals surface area (Å²) >= 11 is 5.95. The zero-order valence-corrected chi connectivity index (χ0v) is 17.4. The molecule has 1 N–H and O–H groups in total. The second-order valence-electron chi connectivity index (χ2n) is 7.07. The number of hydrogen-bond acceptors (Lipinski definition) is 5. The highest BCUT2D eigenvalue weighted by atomic mass is 35.5. The molecule has 6 nitrogen and oxygen atoms in total. The van der Waals surface area contributed by atoms with Gasteiger partial charge in [-0.3, -0.25) is 14.6 Å². The van der Waals surface area contributed by atoms with E-state index in [1.54, 1.807) is 74.1 Å². The van der Waals surface area contributed by atoms with E-state index in [-0.39, 0.29) is 17.9 Å². The van der Waals surface area contributed by atoms with Crippen LogP contribution in [0.3, 0.4) is 0 Å². The second kappa shape index (κ2) is 8.62. The molecule has 1 atom stereocenters. The quantitative estimate of drug-likeness (QED) is 0.366. The number of aliphatic hydroxyl groups is 1. The minimum Gasteiger partial charge on any atom is -0.507 e. The summed E-state index contributed by atoms with van der Waals surface area (Å²) in [5.74, 6) is -1.11. The maximum absolute atomic E-state index is 13.0. The number of Topliss-reactive ketones (excluding diaryl/α,β-unsaturated/α-hetero) is 1. The summed E-state index contributed by atoms with van der Waals surface area (Å²) in [6.07, 6.45) is 3.28. The number of rotatable bonds is 5. The van der Waals surface area contributed by atoms with Crippen LogP contribution in [0, 0.1) is 0 Å². The Balaban J connectivity index is 1.87. The Morgan fingerprint density at radius 1 is 1.13 bits per heavy atom. The van der Waals surface area contributed by atoms with Crippen molar-refractivity contribution in [3.05, 3.63) is 100 Å². The number of halogens is 1. The van der Waals surface area contributed by atoms with E-state index in [1.807, 2.05) is 6.07 Å². The van der Waals surface area contributed by atoms with Crippen LogP contribution in [0.15, 0.2) is 78.6 Å². The standard InChI is InChI=1S/C24H19ClN2O4/c1-31-19-6-2-5-17(12-19)21-20(22(28)16-7-9-18(25)10-8-16)23(29)24(30)27(21)14-15-4-3-11-26-13-15/h2-13,21,28H,14H2,1H3/t21-/m1/s1. The minimum absolute atomic E-state index is 0.0180. The number of pyridine rings is 1. The van der Waals surface area contributed by atoms with Gasteiger partial charge in [-0.05, 0) is 53.6 Å². The predicted octanol–water partition coefficient (Wildman–Crippen LogP) is 4.37. The smallest absolute Gasteiger partial charge is 0.295 e. The van der Waals surface area contributed by atoms with Crippen LogP contribution >= 0.6 is 11.6 Å². The lowest BCUT2D eigenvalue weighted by atomic mass is 9.95. The summed E-state index contributed by atoms with van der Waals surface area (Å²) in [5, 5.41) is 11.5. The van der Waals surface area contributed by atoms with Crippen molar-refractivity contribution >= 4 is 29.1 Å². The van der Waals surface area contributed by atoms with E-state index in [0.29, 0.717) is 21.9 Å². The van der Waals surface area contributed by atoms with Crippen molar-refractivity contribution in [3.63, 3.8) is 0 Å². The number of nitrogens with zero attached hydrogens (tertiary/aromatic N) is 2. The SMILES string of the molecule is COc1cccc([C@@H]2C(=C(O)c3ccc(Cl)cc3)C(=O)C(=O)N2Cc2cccnc2)c1. The zero-order valence-electron chi connectivity index (χ0n) is 16.7. The molecular weight excluding hydrogens is 416 g/mol. The predicted molar refractivity (Wildman–Crippen MR) is 117 cm³/mol. The summed E-state index contributed by atoms with van der Waals surface area (Å²) in [5.41, 5.74) is 1.84. The molecule has 0 unspecified atom stereocenters. The number of amides is 1. The van der Waals surface area contributed by atoms with Gasteiger partial charge in [-0.1, -0.05) is 29.8 Å². The van der Waals surface area contributed by atoms with Gasteiger partial charge in [-0.2, -0.15) is 0 Å². The van der Waals surface area contributed by atoms with Crippen LogP contribution in [-0.4, -0.2) is 33.8 Å². The van der Waals surface area contributed by atoms with Crippen molar-refractivity contribution in [3.8, 4) is 5.75 Å². The topological polar surface area (TPSA) is 79.7 Å². The average molecular weight is 435 g/mol. The fourth-order valence-electron chi connectivity index (χ4n) is 3.65. The van der Waals surface area contributed by atoms with Crippen molar-refractivity contribution in [2.75, 3.05) is 7.11 Å². The number of aliphatic hydroxyl groups excluding tert-OH is 1. The Kier molecular flexibility index (Phi) is 5.73. The van der Waals surface area contributed by atoms with E-state index in [2.05, 4.69) is 4.98 Å². The Morgan fingerprint density at radius 3 is 2.58 bits per heavy atom. The molecule has 3 aromatic rings. The fourth-order valence-corrected chi connectivity index (χ4v) is 3.78. The first-order valence-electron chi connectivity index (χ1n) is 9.57. The normalized spacial score (nSPS) is 17.7. The summed E-state index contributed by atoms with van der Waals surface area (Å²) in [6, 6.07) is 16.3. The van der Waals surface area contributed by atoms with E-state index in [0.717, 1.165) is 5.56 Å². The molecular formula is C24H19ClN2O4. The first kappa shape index (κ1) is 20.6. The number of aromatic nitrogens is 1. The molecule has 0 bridgehead atoms. The van der Waals surface area contributed by atoms with E-state index >= 15 is 0 Å². The highest BCUT2D eigenvalue weighted by Crippen LogP contribution is 2.41. The molecule has 1 amide bonds. The van der Waals surface area contributed by atoms with Gasteiger partial charge in [0.25, 0.3) is 11.7 Å². The van der Waals surface area contributed by atoms with Gasteiger partial charge in [0.1, 0.15) is 11.5 Å². The van der Waals surface area contributed by atoms with Gasteiger partial charge in [0.05, 0.1) is 18.7 Å². The van der Waals surface area contributed by atoms with Crippen molar-refractivity contribution in [1.82, 2.24) is 9.88 Å². The number of hydrogen-bond donors (Lipinski definition) is 1. The largest absolute Gasteiger partial charge is 0.507 e. The van der Waals surface area contributed by atoms with Crippen LogP contribution in [-0.2, 0) is 16.1 Å². The Bertz CT molecular complexity index is 1160. The highest BCUT2D eigenvalue weighted by molar-refractivity contribution is 6.46. The minimum atomic E-state index is -0.786. The lowest BCUT2D eigenvalue weighted by Crippen LogP contribution is -2.29. The zero-order chi connectivity index (χ0) is 22.0. The molecule has 1 fully saturated rings. The van der Waals surface area contributed by atoms with Gasteiger partial charge in [-0.15, -0.1) is 0 Å². The molecule has 1 aromatic heterocycles. The van der Waals surface area contributed by atoms with E-state index in [4.69, 9.17) is 16.3 Å². The molecule has 156 valence electrons. The van der Waals surface area contributed by atoms with Gasteiger partial charge in [-0.25, -0.2) is 0 Å². The molecule has 1 aliphatic heterocycles. The van der Waals surface area contributed by atoms with Crippen LogP contribution in [0.2, 0.25) is 5.02 Å². The van der Waals surface area contributed by atoms with Crippen LogP contribution < -0.4 is 4.74 Å². The average Bonchev–Trinajstić information content (AvgIpc) is 3.05. The summed E-state index contributed by atoms with van der Waals surface area (Å²) < 4.78 is 5.32. The third-order valence-corrected chi connectivity index (χ3v) is 5.39. The van der Waals surface area contributed by atoms with Gasteiger partial charge in [0.2, 0.25) is 0 Å². The van der Waals surface area contributed by atoms with Crippen molar-refractivity contribution in [1.29, 1.82) is 0 Å². The first-order valence-corrected chi connectivity index (χ1v) is 9.94. The summed E-state index contributed by atoms with van der Waals surface area (Å²) in [7, 11) is 1.54. The third-order valence-electron chi connectivity index (χ3n) is 5.14. The molecule has 0 spiro atoms. The molecule has 1 aliphatic rings. The number of carbonyl (C=O) groups is 2. The van der Waals surface area contributed by atoms with Gasteiger partial charge in [0, 0.05) is 29.5 Å². The van der Waals surface area contributed by atoms with Crippen molar-refractivity contribution in [2.45, 2.75) is 12.6 Å². The molecule has 4 rings (SSSR count). The van der Waals surface area contributed by atoms with Crippen molar-refractivity contribution < 1.29 is 19.4 Å². The van der Waals surface area contributed by atoms with E-state index in [9.17, 15) is 14.7 Å². The molecule has 2 heterocycles. The van der Waals surface area contributed by atoms with E-state index < -0.39 is 17.7 Å². The molecule has 2 aromatic carbocycles. The summed E-state index contributed by atoms with van der Waals surface area (Å²) in [6.45, 7) is 0.164. The first-order chi connectivity index (χ1) is 15.0. The lowest BCUT2D eigenvalue weighted by molar-refractivity contribution is -0.140. The summed E-state index contributed by atoms with van der Waals surface area (Å²) in [4.78, 5) is 31.6. The second-order valence-corrected chi connectivity index (χ2v) is 7.51. The molecule has 0 saturated carbocycles. The van der Waals surface area contributed by atoms with Crippen LogP contribution in [0.25, 0.3) is 5.76 Å². The third kappa shape index (κ3) is 4.02. The number of ketones is 1. The maximum Gasteiger partial charge on any atom is 0.295 e. The number of methoxy groups -OCH3 is 1. The number of ether oxygens (including phenoxy) is 1. The number of benzene rings is 2.